The van der Waals surface area contributed by atoms with Crippen molar-refractivity contribution in [2.75, 3.05) is 25.0 Å². The lowest BCUT2D eigenvalue weighted by atomic mass is 9.63. The second-order valence-electron chi connectivity index (χ2n) is 9.32. The van der Waals surface area contributed by atoms with Crippen LogP contribution >= 0.6 is 0 Å². The van der Waals surface area contributed by atoms with Crippen molar-refractivity contribution in [2.24, 2.45) is 5.41 Å². The Balaban J connectivity index is 1.23. The van der Waals surface area contributed by atoms with E-state index in [1.807, 2.05) is 11.0 Å². The number of likely N-dealkylation sites (tertiary alicyclic amines) is 1. The summed E-state index contributed by atoms with van der Waals surface area (Å²) in [5, 5.41) is 5.55. The summed E-state index contributed by atoms with van der Waals surface area (Å²) >= 11 is 0. The summed E-state index contributed by atoms with van der Waals surface area (Å²) in [6, 6.07) is 4.77. The molecule has 1 atom stereocenters. The van der Waals surface area contributed by atoms with Crippen LogP contribution in [0.4, 0.5) is 5.69 Å². The Kier molecular flexibility index (Phi) is 4.95. The monoisotopic (exact) mass is 424 g/mol. The molecule has 2 N–H and O–H groups in total. The van der Waals surface area contributed by atoms with E-state index in [2.05, 4.69) is 10.6 Å². The highest BCUT2D eigenvalue weighted by molar-refractivity contribution is 6.06. The normalized spacial score (nSPS) is 24.6. The minimum absolute atomic E-state index is 0.0816. The standard InChI is InChI=1S/C23H28N4O4/c28-19-6-5-18(21(30)25-19)27-14-16-15(22(27)31)3-1-4-17(16)24-13-20(29)26-11-9-23(10-12-26)7-2-8-23/h1,3-4,18,24H,2,5-14H2,(H,25,28,30). The van der Waals surface area contributed by atoms with Crippen molar-refractivity contribution >= 4 is 29.3 Å². The van der Waals surface area contributed by atoms with Gasteiger partial charge in [-0.1, -0.05) is 12.5 Å². The summed E-state index contributed by atoms with van der Waals surface area (Å²) in [5.41, 5.74) is 2.61. The lowest BCUT2D eigenvalue weighted by Crippen LogP contribution is -2.52. The lowest BCUT2D eigenvalue weighted by molar-refractivity contribution is -0.137. The fourth-order valence-electron chi connectivity index (χ4n) is 5.44. The maximum atomic E-state index is 12.9. The van der Waals surface area contributed by atoms with E-state index in [-0.39, 0.29) is 30.7 Å². The first-order chi connectivity index (χ1) is 15.0. The maximum Gasteiger partial charge on any atom is 0.255 e. The van der Waals surface area contributed by atoms with E-state index >= 15 is 0 Å². The van der Waals surface area contributed by atoms with Crippen LogP contribution in [0.1, 0.15) is 60.9 Å². The van der Waals surface area contributed by atoms with Crippen LogP contribution < -0.4 is 10.6 Å². The molecule has 3 heterocycles. The number of nitrogens with one attached hydrogen (secondary N) is 2. The molecule has 1 aromatic rings. The van der Waals surface area contributed by atoms with Crippen LogP contribution in [0, 0.1) is 5.41 Å². The van der Waals surface area contributed by atoms with E-state index in [0.29, 0.717) is 23.9 Å². The Morgan fingerprint density at radius 1 is 1.13 bits per heavy atom. The molecule has 1 saturated carbocycles. The number of fused-ring (bicyclic) bond motifs is 1. The molecule has 2 saturated heterocycles. The third-order valence-corrected chi connectivity index (χ3v) is 7.60. The first kappa shape index (κ1) is 20.0. The zero-order chi connectivity index (χ0) is 21.6. The third kappa shape index (κ3) is 3.58. The van der Waals surface area contributed by atoms with Gasteiger partial charge in [-0.25, -0.2) is 0 Å². The first-order valence-corrected chi connectivity index (χ1v) is 11.2. The predicted molar refractivity (Wildman–Crippen MR) is 113 cm³/mol. The summed E-state index contributed by atoms with van der Waals surface area (Å²) in [4.78, 5) is 52.8. The average Bonchev–Trinajstić information content (AvgIpc) is 3.08. The van der Waals surface area contributed by atoms with Crippen molar-refractivity contribution in [3.8, 4) is 0 Å². The Labute approximate surface area is 181 Å². The van der Waals surface area contributed by atoms with Crippen LogP contribution in [0.25, 0.3) is 0 Å². The largest absolute Gasteiger partial charge is 0.376 e. The van der Waals surface area contributed by atoms with Gasteiger partial charge < -0.3 is 15.1 Å². The topological polar surface area (TPSA) is 98.8 Å². The molecule has 5 rings (SSSR count). The van der Waals surface area contributed by atoms with Crippen molar-refractivity contribution in [3.63, 3.8) is 0 Å². The second-order valence-corrected chi connectivity index (χ2v) is 9.32. The number of anilines is 1. The summed E-state index contributed by atoms with van der Waals surface area (Å²) in [5.74, 6) is -0.844. The number of carbonyl (C=O) groups excluding carboxylic acids is 4. The number of carbonyl (C=O) groups is 4. The summed E-state index contributed by atoms with van der Waals surface area (Å²) in [7, 11) is 0. The number of hydrogen-bond donors (Lipinski definition) is 2. The number of amides is 4. The van der Waals surface area contributed by atoms with E-state index in [1.54, 1.807) is 12.1 Å². The Morgan fingerprint density at radius 3 is 2.58 bits per heavy atom. The molecule has 1 aliphatic carbocycles. The molecule has 1 unspecified atom stereocenters. The van der Waals surface area contributed by atoms with Crippen molar-refractivity contribution in [3.05, 3.63) is 29.3 Å². The molecular formula is C23H28N4O4. The van der Waals surface area contributed by atoms with Gasteiger partial charge in [-0.3, -0.25) is 24.5 Å². The quantitative estimate of drug-likeness (QED) is 0.716. The minimum atomic E-state index is -0.640. The Morgan fingerprint density at radius 2 is 1.90 bits per heavy atom. The number of rotatable bonds is 4. The molecule has 3 fully saturated rings. The van der Waals surface area contributed by atoms with Gasteiger partial charge >= 0.3 is 0 Å². The molecule has 0 radical (unpaired) electrons. The van der Waals surface area contributed by atoms with Crippen LogP contribution in [-0.2, 0) is 20.9 Å². The molecule has 1 spiro atoms. The molecule has 0 bridgehead atoms. The zero-order valence-corrected chi connectivity index (χ0v) is 17.6. The maximum absolute atomic E-state index is 12.9. The molecule has 3 aliphatic heterocycles. The van der Waals surface area contributed by atoms with Gasteiger partial charge in [-0.2, -0.15) is 0 Å². The second kappa shape index (κ2) is 7.66. The average molecular weight is 425 g/mol. The first-order valence-electron chi connectivity index (χ1n) is 11.2. The summed E-state index contributed by atoms with van der Waals surface area (Å²) in [6.45, 7) is 2.14. The summed E-state index contributed by atoms with van der Waals surface area (Å²) < 4.78 is 0. The Bertz CT molecular complexity index is 945. The fourth-order valence-corrected chi connectivity index (χ4v) is 5.44. The van der Waals surface area contributed by atoms with Crippen LogP contribution in [0.2, 0.25) is 0 Å². The number of nitrogens with zero attached hydrogens (tertiary/aromatic N) is 2. The van der Waals surface area contributed by atoms with Crippen molar-refractivity contribution < 1.29 is 19.2 Å². The van der Waals surface area contributed by atoms with Gasteiger partial charge in [0.2, 0.25) is 17.7 Å². The van der Waals surface area contributed by atoms with Gasteiger partial charge in [-0.05, 0) is 49.7 Å². The third-order valence-electron chi connectivity index (χ3n) is 7.60. The van der Waals surface area contributed by atoms with E-state index in [1.165, 1.54) is 24.2 Å². The van der Waals surface area contributed by atoms with Crippen molar-refractivity contribution in [1.29, 1.82) is 0 Å². The highest BCUT2D eigenvalue weighted by Gasteiger charge is 2.41. The zero-order valence-electron chi connectivity index (χ0n) is 17.6. The molecule has 8 heteroatoms. The lowest BCUT2D eigenvalue weighted by Gasteiger charge is -2.48. The van der Waals surface area contributed by atoms with Crippen LogP contribution in [0.5, 0.6) is 0 Å². The SMILES string of the molecule is O=C1CCC(N2Cc3c(NCC(=O)N4CCC5(CCC5)CC4)cccc3C2=O)C(=O)N1. The molecular weight excluding hydrogens is 396 g/mol. The van der Waals surface area contributed by atoms with E-state index in [0.717, 1.165) is 37.2 Å². The number of hydrogen-bond acceptors (Lipinski definition) is 5. The molecule has 1 aromatic carbocycles. The fraction of sp³-hybridized carbons (Fsp3) is 0.565. The van der Waals surface area contributed by atoms with Crippen LogP contribution in [0.15, 0.2) is 18.2 Å². The minimum Gasteiger partial charge on any atom is -0.376 e. The molecule has 31 heavy (non-hydrogen) atoms. The van der Waals surface area contributed by atoms with Crippen LogP contribution in [0.3, 0.4) is 0 Å². The molecule has 4 aliphatic rings. The molecule has 4 amide bonds. The number of benzene rings is 1. The highest BCUT2D eigenvalue weighted by Crippen LogP contribution is 2.48. The summed E-state index contributed by atoms with van der Waals surface area (Å²) in [6.07, 6.45) is 6.71. The number of imide groups is 1. The van der Waals surface area contributed by atoms with Crippen molar-refractivity contribution in [1.82, 2.24) is 15.1 Å². The van der Waals surface area contributed by atoms with Gasteiger partial charge in [-0.15, -0.1) is 0 Å². The van der Waals surface area contributed by atoms with E-state index < -0.39 is 11.9 Å². The van der Waals surface area contributed by atoms with Crippen molar-refractivity contribution in [2.45, 2.75) is 57.5 Å². The van der Waals surface area contributed by atoms with Crippen LogP contribution in [-0.4, -0.2) is 59.1 Å². The molecule has 0 aromatic heterocycles. The number of piperidine rings is 2. The van der Waals surface area contributed by atoms with Gasteiger partial charge in [0.1, 0.15) is 6.04 Å². The Hall–Kier alpha value is -2.90. The van der Waals surface area contributed by atoms with Gasteiger partial charge in [0, 0.05) is 42.9 Å². The smallest absolute Gasteiger partial charge is 0.255 e. The van der Waals surface area contributed by atoms with E-state index in [9.17, 15) is 19.2 Å². The van der Waals surface area contributed by atoms with Gasteiger partial charge in [0.05, 0.1) is 6.54 Å². The van der Waals surface area contributed by atoms with E-state index in [4.69, 9.17) is 0 Å². The van der Waals surface area contributed by atoms with Gasteiger partial charge in [0.25, 0.3) is 5.91 Å². The molecule has 8 nitrogen and oxygen atoms in total. The molecule has 164 valence electrons. The van der Waals surface area contributed by atoms with Gasteiger partial charge in [0.15, 0.2) is 0 Å². The highest BCUT2D eigenvalue weighted by atomic mass is 16.2. The predicted octanol–water partition coefficient (Wildman–Crippen LogP) is 1.65.